The van der Waals surface area contributed by atoms with E-state index in [1.165, 1.54) is 11.1 Å². The van der Waals surface area contributed by atoms with E-state index in [0.717, 1.165) is 29.3 Å². The number of rotatable bonds is 3. The first kappa shape index (κ1) is 13.9. The Morgan fingerprint density at radius 2 is 2.20 bits per heavy atom. The van der Waals surface area contributed by atoms with Gasteiger partial charge in [0, 0.05) is 16.2 Å². The smallest absolute Gasteiger partial charge is 0.218 e. The largest absolute Gasteiger partial charge is 0.469 e. The lowest BCUT2D eigenvalue weighted by molar-refractivity contribution is 0.174. The van der Waals surface area contributed by atoms with Gasteiger partial charge >= 0.3 is 0 Å². The van der Waals surface area contributed by atoms with Gasteiger partial charge in [0.05, 0.1) is 5.88 Å². The van der Waals surface area contributed by atoms with E-state index in [2.05, 4.69) is 45.2 Å². The molecule has 0 saturated heterocycles. The molecule has 0 radical (unpaired) electrons. The highest BCUT2D eigenvalue weighted by Gasteiger charge is 2.22. The van der Waals surface area contributed by atoms with E-state index in [1.54, 1.807) is 6.20 Å². The Balaban J connectivity index is 1.89. The number of pyridine rings is 1. The molecule has 1 aromatic heterocycles. The quantitative estimate of drug-likeness (QED) is 0.722. The van der Waals surface area contributed by atoms with Crippen LogP contribution in [0, 0.1) is 0 Å². The molecule has 1 atom stereocenters. The summed E-state index contributed by atoms with van der Waals surface area (Å²) in [6.07, 6.45) is 5.13. The highest BCUT2D eigenvalue weighted by atomic mass is 79.9. The molecule has 1 aliphatic carbocycles. The first-order valence-corrected chi connectivity index (χ1v) is 8.05. The van der Waals surface area contributed by atoms with Crippen molar-refractivity contribution in [3.05, 3.63) is 57.7 Å². The van der Waals surface area contributed by atoms with Crippen molar-refractivity contribution in [2.45, 2.75) is 31.2 Å². The first-order valence-electron chi connectivity index (χ1n) is 6.73. The van der Waals surface area contributed by atoms with Crippen LogP contribution in [0.1, 0.15) is 35.6 Å². The number of hydrogen-bond donors (Lipinski definition) is 0. The van der Waals surface area contributed by atoms with Gasteiger partial charge in [-0.25, -0.2) is 4.98 Å². The van der Waals surface area contributed by atoms with Crippen molar-refractivity contribution in [1.29, 1.82) is 0 Å². The van der Waals surface area contributed by atoms with Crippen LogP contribution in [0.3, 0.4) is 0 Å². The van der Waals surface area contributed by atoms with Crippen LogP contribution in [0.2, 0.25) is 0 Å². The second-order valence-electron chi connectivity index (χ2n) is 4.95. The van der Waals surface area contributed by atoms with Crippen molar-refractivity contribution in [2.24, 2.45) is 0 Å². The molecule has 0 aliphatic heterocycles. The fourth-order valence-corrected chi connectivity index (χ4v) is 3.21. The predicted octanol–water partition coefficient (Wildman–Crippen LogP) is 5.04. The predicted molar refractivity (Wildman–Crippen MR) is 84.2 cm³/mol. The molecule has 0 amide bonds. The van der Waals surface area contributed by atoms with Gasteiger partial charge in [0.1, 0.15) is 6.10 Å². The normalized spacial score (nSPS) is 17.6. The van der Waals surface area contributed by atoms with Gasteiger partial charge in [-0.05, 0) is 52.4 Å². The number of fused-ring (bicyclic) bond motifs is 1. The van der Waals surface area contributed by atoms with Crippen molar-refractivity contribution in [2.75, 3.05) is 0 Å². The third kappa shape index (κ3) is 2.84. The van der Waals surface area contributed by atoms with Crippen LogP contribution in [0.25, 0.3) is 0 Å². The van der Waals surface area contributed by atoms with Crippen LogP contribution in [0.15, 0.2) is 41.0 Å². The number of hydrogen-bond acceptors (Lipinski definition) is 2. The Labute approximate surface area is 132 Å². The maximum atomic E-state index is 6.14. The standard InChI is InChI=1S/C16H15BrClNO/c17-13-8-12(9-18)16(19-10-13)20-15-7-3-5-11-4-1-2-6-14(11)15/h1-2,4,6,8,10,15H,3,5,7,9H2. The zero-order chi connectivity index (χ0) is 13.9. The average molecular weight is 353 g/mol. The second kappa shape index (κ2) is 6.15. The monoisotopic (exact) mass is 351 g/mol. The zero-order valence-corrected chi connectivity index (χ0v) is 13.3. The van der Waals surface area contributed by atoms with Crippen molar-refractivity contribution >= 4 is 27.5 Å². The minimum Gasteiger partial charge on any atom is -0.469 e. The van der Waals surface area contributed by atoms with Gasteiger partial charge < -0.3 is 4.74 Å². The molecule has 1 aromatic carbocycles. The van der Waals surface area contributed by atoms with Crippen LogP contribution in [0.4, 0.5) is 0 Å². The molecule has 0 spiro atoms. The first-order chi connectivity index (χ1) is 9.78. The number of alkyl halides is 1. The molecule has 0 saturated carbocycles. The molecule has 0 bridgehead atoms. The van der Waals surface area contributed by atoms with Gasteiger partial charge in [-0.2, -0.15) is 0 Å². The van der Waals surface area contributed by atoms with Crippen LogP contribution in [-0.4, -0.2) is 4.98 Å². The minimum absolute atomic E-state index is 0.0793. The van der Waals surface area contributed by atoms with Crippen molar-refractivity contribution < 1.29 is 4.74 Å². The van der Waals surface area contributed by atoms with E-state index in [-0.39, 0.29) is 6.10 Å². The molecule has 2 aromatic rings. The SMILES string of the molecule is ClCc1cc(Br)cnc1OC1CCCc2ccccc21. The Hall–Kier alpha value is -1.06. The number of ether oxygens (including phenoxy) is 1. The van der Waals surface area contributed by atoms with Gasteiger partial charge in [0.25, 0.3) is 0 Å². The molecular weight excluding hydrogens is 338 g/mol. The van der Waals surface area contributed by atoms with Crippen molar-refractivity contribution in [3.8, 4) is 5.88 Å². The Bertz CT molecular complexity index is 617. The molecule has 4 heteroatoms. The number of halogens is 2. The molecule has 1 unspecified atom stereocenters. The average Bonchev–Trinajstić information content (AvgIpc) is 2.49. The van der Waals surface area contributed by atoms with E-state index >= 15 is 0 Å². The topological polar surface area (TPSA) is 22.1 Å². The van der Waals surface area contributed by atoms with E-state index in [9.17, 15) is 0 Å². The van der Waals surface area contributed by atoms with Crippen molar-refractivity contribution in [1.82, 2.24) is 4.98 Å². The summed E-state index contributed by atoms with van der Waals surface area (Å²) >= 11 is 9.39. The maximum absolute atomic E-state index is 6.14. The van der Waals surface area contributed by atoms with E-state index < -0.39 is 0 Å². The van der Waals surface area contributed by atoms with Gasteiger partial charge in [0.2, 0.25) is 5.88 Å². The van der Waals surface area contributed by atoms with Gasteiger partial charge in [-0.15, -0.1) is 11.6 Å². The summed E-state index contributed by atoms with van der Waals surface area (Å²) in [5.74, 6) is 1.04. The fraction of sp³-hybridized carbons (Fsp3) is 0.312. The molecule has 104 valence electrons. The van der Waals surface area contributed by atoms with Crippen LogP contribution in [0.5, 0.6) is 5.88 Å². The molecule has 3 rings (SSSR count). The van der Waals surface area contributed by atoms with Gasteiger partial charge in [-0.1, -0.05) is 24.3 Å². The lowest BCUT2D eigenvalue weighted by atomic mass is 9.89. The summed E-state index contributed by atoms with van der Waals surface area (Å²) in [5, 5.41) is 0. The highest BCUT2D eigenvalue weighted by Crippen LogP contribution is 2.34. The van der Waals surface area contributed by atoms with Gasteiger partial charge in [-0.3, -0.25) is 0 Å². The third-order valence-electron chi connectivity index (χ3n) is 3.60. The molecule has 0 N–H and O–H groups in total. The molecule has 1 heterocycles. The summed E-state index contributed by atoms with van der Waals surface area (Å²) < 4.78 is 7.06. The highest BCUT2D eigenvalue weighted by molar-refractivity contribution is 9.10. The second-order valence-corrected chi connectivity index (χ2v) is 6.13. The van der Waals surface area contributed by atoms with Crippen molar-refractivity contribution in [3.63, 3.8) is 0 Å². The number of aromatic nitrogens is 1. The molecule has 2 nitrogen and oxygen atoms in total. The molecular formula is C16H15BrClNO. The Morgan fingerprint density at radius 1 is 1.35 bits per heavy atom. The van der Waals surface area contributed by atoms with E-state index in [1.807, 2.05) is 6.07 Å². The Kier molecular flexibility index (Phi) is 4.27. The summed E-state index contributed by atoms with van der Waals surface area (Å²) in [4.78, 5) is 4.36. The summed E-state index contributed by atoms with van der Waals surface area (Å²) in [6.45, 7) is 0. The number of benzene rings is 1. The minimum atomic E-state index is 0.0793. The van der Waals surface area contributed by atoms with Crippen LogP contribution >= 0.6 is 27.5 Å². The lowest BCUT2D eigenvalue weighted by Crippen LogP contribution is -2.16. The zero-order valence-electron chi connectivity index (χ0n) is 11.0. The van der Waals surface area contributed by atoms with E-state index in [0.29, 0.717) is 11.8 Å². The van der Waals surface area contributed by atoms with Gasteiger partial charge in [0.15, 0.2) is 0 Å². The fourth-order valence-electron chi connectivity index (χ4n) is 2.64. The Morgan fingerprint density at radius 3 is 3.05 bits per heavy atom. The molecule has 0 fully saturated rings. The summed E-state index contributed by atoms with van der Waals surface area (Å²) in [7, 11) is 0. The lowest BCUT2D eigenvalue weighted by Gasteiger charge is -2.26. The maximum Gasteiger partial charge on any atom is 0.218 e. The molecule has 1 aliphatic rings. The van der Waals surface area contributed by atoms with Crippen LogP contribution in [-0.2, 0) is 12.3 Å². The van der Waals surface area contributed by atoms with Crippen LogP contribution < -0.4 is 4.74 Å². The molecule has 20 heavy (non-hydrogen) atoms. The number of nitrogens with zero attached hydrogens (tertiary/aromatic N) is 1. The summed E-state index contributed by atoms with van der Waals surface area (Å²) in [6, 6.07) is 10.5. The number of aryl methyl sites for hydroxylation is 1. The third-order valence-corrected chi connectivity index (χ3v) is 4.33. The van der Waals surface area contributed by atoms with E-state index in [4.69, 9.17) is 16.3 Å². The summed E-state index contributed by atoms with van der Waals surface area (Å²) in [5.41, 5.74) is 3.58.